The fraction of sp³-hybridized carbons (Fsp3) is 0.263. The first-order valence-corrected chi connectivity index (χ1v) is 8.85. The van der Waals surface area contributed by atoms with Gasteiger partial charge in [-0.15, -0.1) is 0 Å². The highest BCUT2D eigenvalue weighted by Crippen LogP contribution is 2.22. The van der Waals surface area contributed by atoms with Crippen LogP contribution >= 0.6 is 0 Å². The fourth-order valence-corrected chi connectivity index (χ4v) is 3.03. The number of Topliss-reactive ketones (excluding diaryl/α,β-unsaturated/α-hetero) is 1. The van der Waals surface area contributed by atoms with Crippen LogP contribution in [0.4, 0.5) is 5.69 Å². The van der Waals surface area contributed by atoms with Crippen molar-refractivity contribution in [1.29, 1.82) is 0 Å². The van der Waals surface area contributed by atoms with E-state index >= 15 is 0 Å². The predicted octanol–water partition coefficient (Wildman–Crippen LogP) is 2.86. The first-order chi connectivity index (χ1) is 13.8. The van der Waals surface area contributed by atoms with Crippen molar-refractivity contribution in [3.8, 4) is 11.4 Å². The second-order valence-corrected chi connectivity index (χ2v) is 6.34. The van der Waals surface area contributed by atoms with Crippen LogP contribution in [0.15, 0.2) is 30.6 Å². The van der Waals surface area contributed by atoms with Crippen molar-refractivity contribution in [2.45, 2.75) is 27.3 Å². The maximum Gasteiger partial charge on any atom is 0.340 e. The van der Waals surface area contributed by atoms with Crippen LogP contribution in [0.2, 0.25) is 0 Å². The molecule has 0 atom stereocenters. The molecule has 1 aromatic carbocycles. The van der Waals surface area contributed by atoms with Crippen molar-refractivity contribution in [2.75, 3.05) is 6.61 Å². The number of nitro benzene ring substituents is 1. The van der Waals surface area contributed by atoms with E-state index in [1.54, 1.807) is 32.9 Å². The molecule has 150 valence electrons. The zero-order valence-corrected chi connectivity index (χ0v) is 16.1. The number of carbonyl (C=O) groups excluding carboxylic acids is 2. The van der Waals surface area contributed by atoms with Gasteiger partial charge in [0.25, 0.3) is 5.69 Å². The number of rotatable bonds is 7. The number of benzene rings is 1. The number of hydrogen-bond acceptors (Lipinski definition) is 7. The van der Waals surface area contributed by atoms with Crippen molar-refractivity contribution in [2.24, 2.45) is 0 Å². The van der Waals surface area contributed by atoms with Crippen LogP contribution in [0, 0.1) is 24.0 Å². The molecule has 0 saturated heterocycles. The van der Waals surface area contributed by atoms with Gasteiger partial charge in [0.05, 0.1) is 22.8 Å². The van der Waals surface area contributed by atoms with E-state index in [2.05, 4.69) is 15.1 Å². The largest absolute Gasteiger partial charge is 0.462 e. The molecule has 0 aliphatic carbocycles. The SMILES string of the molecule is CCOC(=O)c1c(C)[nH]c(C(=O)Cn2cnc(-c3cccc([N+](=O)[O-])c3)n2)c1C. The molecule has 3 aromatic rings. The number of nitrogens with one attached hydrogen (secondary N) is 1. The molecule has 29 heavy (non-hydrogen) atoms. The number of nitro groups is 1. The molecular weight excluding hydrogens is 378 g/mol. The molecule has 0 radical (unpaired) electrons. The molecule has 0 spiro atoms. The molecular formula is C19H19N5O5. The zero-order chi connectivity index (χ0) is 21.1. The molecule has 2 heterocycles. The number of carbonyl (C=O) groups is 2. The molecule has 10 heteroatoms. The van der Waals surface area contributed by atoms with E-state index in [9.17, 15) is 19.7 Å². The predicted molar refractivity (Wildman–Crippen MR) is 103 cm³/mol. The zero-order valence-electron chi connectivity index (χ0n) is 16.1. The standard InChI is InChI=1S/C19H19N5O5/c1-4-29-19(26)16-11(2)17(21-12(16)3)15(25)9-23-10-20-18(22-23)13-6-5-7-14(8-13)24(27)28/h5-8,10,21H,4,9H2,1-3H3. The van der Waals surface area contributed by atoms with Gasteiger partial charge in [-0.2, -0.15) is 5.10 Å². The Bertz CT molecular complexity index is 1100. The Morgan fingerprint density at radius 1 is 1.31 bits per heavy atom. The fourth-order valence-electron chi connectivity index (χ4n) is 3.03. The van der Waals surface area contributed by atoms with E-state index in [4.69, 9.17) is 4.74 Å². The summed E-state index contributed by atoms with van der Waals surface area (Å²) >= 11 is 0. The smallest absolute Gasteiger partial charge is 0.340 e. The first kappa shape index (κ1) is 19.9. The van der Waals surface area contributed by atoms with E-state index in [0.29, 0.717) is 28.1 Å². The highest BCUT2D eigenvalue weighted by molar-refractivity contribution is 6.01. The van der Waals surface area contributed by atoms with Crippen LogP contribution in [-0.2, 0) is 11.3 Å². The van der Waals surface area contributed by atoms with Crippen LogP contribution in [0.5, 0.6) is 0 Å². The summed E-state index contributed by atoms with van der Waals surface area (Å²) in [5.41, 5.74) is 2.13. The average Bonchev–Trinajstić information content (AvgIpc) is 3.26. The summed E-state index contributed by atoms with van der Waals surface area (Å²) in [6.07, 6.45) is 1.38. The molecule has 10 nitrogen and oxygen atoms in total. The molecule has 2 aromatic heterocycles. The molecule has 0 saturated carbocycles. The van der Waals surface area contributed by atoms with Crippen molar-refractivity contribution < 1.29 is 19.2 Å². The quantitative estimate of drug-likeness (QED) is 0.280. The second-order valence-electron chi connectivity index (χ2n) is 6.34. The lowest BCUT2D eigenvalue weighted by molar-refractivity contribution is -0.384. The monoisotopic (exact) mass is 397 g/mol. The third kappa shape index (κ3) is 4.05. The van der Waals surface area contributed by atoms with Gasteiger partial charge in [-0.25, -0.2) is 14.5 Å². The summed E-state index contributed by atoms with van der Waals surface area (Å²) < 4.78 is 6.38. The van der Waals surface area contributed by atoms with Crippen LogP contribution in [0.25, 0.3) is 11.4 Å². The van der Waals surface area contributed by atoms with E-state index in [-0.39, 0.29) is 30.4 Å². The number of aromatic amines is 1. The Balaban J connectivity index is 1.81. The van der Waals surface area contributed by atoms with Crippen molar-refractivity contribution in [3.63, 3.8) is 0 Å². The van der Waals surface area contributed by atoms with Crippen molar-refractivity contribution in [3.05, 3.63) is 63.2 Å². The number of hydrogen-bond donors (Lipinski definition) is 1. The number of aryl methyl sites for hydroxylation is 1. The maximum absolute atomic E-state index is 12.7. The summed E-state index contributed by atoms with van der Waals surface area (Å²) in [4.78, 5) is 42.3. The van der Waals surface area contributed by atoms with Gasteiger partial charge in [0, 0.05) is 23.4 Å². The minimum Gasteiger partial charge on any atom is -0.462 e. The Labute approximate surface area is 165 Å². The highest BCUT2D eigenvalue weighted by atomic mass is 16.6. The van der Waals surface area contributed by atoms with Gasteiger partial charge in [-0.05, 0) is 26.3 Å². The molecule has 0 amide bonds. The topological polar surface area (TPSA) is 133 Å². The Morgan fingerprint density at radius 2 is 2.07 bits per heavy atom. The number of esters is 1. The van der Waals surface area contributed by atoms with Crippen molar-refractivity contribution in [1.82, 2.24) is 19.7 Å². The first-order valence-electron chi connectivity index (χ1n) is 8.85. The van der Waals surface area contributed by atoms with Crippen LogP contribution < -0.4 is 0 Å². The molecule has 0 aliphatic rings. The molecule has 0 aliphatic heterocycles. The minimum atomic E-state index is -0.499. The van der Waals surface area contributed by atoms with Crippen LogP contribution in [0.3, 0.4) is 0 Å². The lowest BCUT2D eigenvalue weighted by atomic mass is 10.1. The normalized spacial score (nSPS) is 10.7. The Kier molecular flexibility index (Phi) is 5.53. The van der Waals surface area contributed by atoms with E-state index in [1.807, 2.05) is 0 Å². The second kappa shape index (κ2) is 8.05. The van der Waals surface area contributed by atoms with Gasteiger partial charge < -0.3 is 9.72 Å². The Morgan fingerprint density at radius 3 is 2.76 bits per heavy atom. The summed E-state index contributed by atoms with van der Waals surface area (Å²) in [5, 5.41) is 15.1. The summed E-state index contributed by atoms with van der Waals surface area (Å²) in [6.45, 7) is 5.23. The summed E-state index contributed by atoms with van der Waals surface area (Å²) in [5.74, 6) is -0.490. The molecule has 0 bridgehead atoms. The summed E-state index contributed by atoms with van der Waals surface area (Å²) in [6, 6.07) is 5.94. The average molecular weight is 397 g/mol. The molecule has 0 unspecified atom stereocenters. The minimum absolute atomic E-state index is 0.0705. The number of aromatic nitrogens is 4. The van der Waals surface area contributed by atoms with Gasteiger partial charge in [0.1, 0.15) is 12.9 Å². The number of ketones is 1. The highest BCUT2D eigenvalue weighted by Gasteiger charge is 2.23. The van der Waals surface area contributed by atoms with E-state index in [1.165, 1.54) is 23.1 Å². The maximum atomic E-state index is 12.7. The molecule has 3 rings (SSSR count). The lowest BCUT2D eigenvalue weighted by Crippen LogP contribution is -2.13. The number of ether oxygens (including phenoxy) is 1. The van der Waals surface area contributed by atoms with Gasteiger partial charge in [-0.1, -0.05) is 12.1 Å². The third-order valence-electron chi connectivity index (χ3n) is 4.35. The van der Waals surface area contributed by atoms with Gasteiger partial charge >= 0.3 is 5.97 Å². The van der Waals surface area contributed by atoms with E-state index < -0.39 is 10.9 Å². The summed E-state index contributed by atoms with van der Waals surface area (Å²) in [7, 11) is 0. The van der Waals surface area contributed by atoms with Gasteiger partial charge in [0.15, 0.2) is 5.82 Å². The number of nitrogens with zero attached hydrogens (tertiary/aromatic N) is 4. The van der Waals surface area contributed by atoms with Crippen molar-refractivity contribution >= 4 is 17.4 Å². The van der Waals surface area contributed by atoms with Crippen LogP contribution in [0.1, 0.15) is 39.0 Å². The number of non-ortho nitro benzene ring substituents is 1. The van der Waals surface area contributed by atoms with Gasteiger partial charge in [-0.3, -0.25) is 14.9 Å². The number of H-pyrrole nitrogens is 1. The lowest BCUT2D eigenvalue weighted by Gasteiger charge is -2.03. The molecule has 1 N–H and O–H groups in total. The van der Waals surface area contributed by atoms with Gasteiger partial charge in [0.2, 0.25) is 5.78 Å². The third-order valence-corrected chi connectivity index (χ3v) is 4.35. The molecule has 0 fully saturated rings. The Hall–Kier alpha value is -3.82. The van der Waals surface area contributed by atoms with E-state index in [0.717, 1.165) is 0 Å². The van der Waals surface area contributed by atoms with Crippen LogP contribution in [-0.4, -0.2) is 43.0 Å².